The minimum absolute atomic E-state index is 0.0510. The van der Waals surface area contributed by atoms with E-state index in [4.69, 9.17) is 18.6 Å². The third-order valence-corrected chi connectivity index (χ3v) is 6.00. The summed E-state index contributed by atoms with van der Waals surface area (Å²) in [4.78, 5) is 30.6. The fourth-order valence-corrected chi connectivity index (χ4v) is 4.14. The lowest BCUT2D eigenvalue weighted by Crippen LogP contribution is -2.25. The molecule has 176 valence electrons. The Morgan fingerprint density at radius 1 is 1.06 bits per heavy atom. The van der Waals surface area contributed by atoms with Crippen molar-refractivity contribution >= 4 is 34.3 Å². The number of benzene rings is 2. The summed E-state index contributed by atoms with van der Waals surface area (Å²) in [5, 5.41) is 3.58. The molecule has 0 atom stereocenters. The van der Waals surface area contributed by atoms with E-state index in [1.165, 1.54) is 25.0 Å². The number of thioether (sulfide) groups is 1. The van der Waals surface area contributed by atoms with Gasteiger partial charge in [-0.1, -0.05) is 11.8 Å². The Balaban J connectivity index is 1.64. The SMILES string of the molecule is COc1ccc(NC(=O)CSc2nc3cc(OC)c(OC)cc3c(=O)n2Cc2ccco2)cc1. The molecule has 0 aliphatic rings. The molecule has 1 N–H and O–H groups in total. The van der Waals surface area contributed by atoms with Crippen LogP contribution in [-0.4, -0.2) is 42.5 Å². The van der Waals surface area contributed by atoms with Crippen LogP contribution in [0.25, 0.3) is 10.9 Å². The normalized spacial score (nSPS) is 10.8. The molecule has 0 aliphatic carbocycles. The number of aromatic nitrogens is 2. The number of nitrogens with one attached hydrogen (secondary N) is 1. The number of hydrogen-bond donors (Lipinski definition) is 1. The second-order valence-corrected chi connectivity index (χ2v) is 8.10. The minimum atomic E-state index is -0.277. The van der Waals surface area contributed by atoms with E-state index >= 15 is 0 Å². The highest BCUT2D eigenvalue weighted by atomic mass is 32.2. The summed E-state index contributed by atoms with van der Waals surface area (Å²) in [5.41, 5.74) is 0.805. The largest absolute Gasteiger partial charge is 0.497 e. The van der Waals surface area contributed by atoms with E-state index in [9.17, 15) is 9.59 Å². The predicted molar refractivity (Wildman–Crippen MR) is 129 cm³/mol. The van der Waals surface area contributed by atoms with Crippen molar-refractivity contribution in [2.75, 3.05) is 32.4 Å². The Labute approximate surface area is 199 Å². The maximum absolute atomic E-state index is 13.4. The van der Waals surface area contributed by atoms with E-state index < -0.39 is 0 Å². The zero-order valence-electron chi connectivity index (χ0n) is 18.9. The van der Waals surface area contributed by atoms with Crippen LogP contribution in [0.15, 0.2) is 69.2 Å². The zero-order chi connectivity index (χ0) is 24.1. The summed E-state index contributed by atoms with van der Waals surface area (Å²) < 4.78 is 22.7. The van der Waals surface area contributed by atoms with Crippen LogP contribution < -0.4 is 25.1 Å². The summed E-state index contributed by atoms with van der Waals surface area (Å²) >= 11 is 1.16. The molecule has 0 saturated heterocycles. The molecule has 0 unspecified atom stereocenters. The molecule has 34 heavy (non-hydrogen) atoms. The molecule has 10 heteroatoms. The first kappa shape index (κ1) is 23.2. The van der Waals surface area contributed by atoms with Gasteiger partial charge in [-0.2, -0.15) is 0 Å². The first-order chi connectivity index (χ1) is 16.5. The van der Waals surface area contributed by atoms with E-state index in [0.717, 1.165) is 11.8 Å². The average molecular weight is 482 g/mol. The summed E-state index contributed by atoms with van der Waals surface area (Å²) in [6.07, 6.45) is 1.54. The second-order valence-electron chi connectivity index (χ2n) is 7.15. The molecule has 2 aromatic carbocycles. The van der Waals surface area contributed by atoms with E-state index in [2.05, 4.69) is 10.3 Å². The molecule has 0 fully saturated rings. The van der Waals surface area contributed by atoms with Crippen molar-refractivity contribution in [3.63, 3.8) is 0 Å². The topological polar surface area (TPSA) is 105 Å². The van der Waals surface area contributed by atoms with E-state index in [-0.39, 0.29) is 23.8 Å². The average Bonchev–Trinajstić information content (AvgIpc) is 3.37. The zero-order valence-corrected chi connectivity index (χ0v) is 19.7. The summed E-state index contributed by atoms with van der Waals surface area (Å²) in [6.45, 7) is 0.172. The van der Waals surface area contributed by atoms with Gasteiger partial charge in [0.2, 0.25) is 5.91 Å². The number of carbonyl (C=O) groups excluding carboxylic acids is 1. The van der Waals surface area contributed by atoms with Gasteiger partial charge in [-0.15, -0.1) is 0 Å². The monoisotopic (exact) mass is 481 g/mol. The Hall–Kier alpha value is -3.92. The molecule has 0 saturated carbocycles. The Kier molecular flexibility index (Phi) is 7.07. The van der Waals surface area contributed by atoms with Crippen molar-refractivity contribution in [3.8, 4) is 17.2 Å². The van der Waals surface area contributed by atoms with Crippen molar-refractivity contribution in [3.05, 3.63) is 70.9 Å². The number of amides is 1. The number of hydrogen-bond acceptors (Lipinski definition) is 8. The van der Waals surface area contributed by atoms with E-state index in [1.807, 2.05) is 0 Å². The van der Waals surface area contributed by atoms with Crippen molar-refractivity contribution in [1.82, 2.24) is 9.55 Å². The minimum Gasteiger partial charge on any atom is -0.497 e. The van der Waals surface area contributed by atoms with E-state index in [0.29, 0.717) is 44.8 Å². The van der Waals surface area contributed by atoms with Crippen LogP contribution in [0.4, 0.5) is 5.69 Å². The van der Waals surface area contributed by atoms with Gasteiger partial charge in [-0.05, 0) is 42.5 Å². The lowest BCUT2D eigenvalue weighted by Gasteiger charge is -2.14. The molecule has 2 heterocycles. The van der Waals surface area contributed by atoms with Crippen molar-refractivity contribution in [1.29, 1.82) is 0 Å². The molecule has 9 nitrogen and oxygen atoms in total. The van der Waals surface area contributed by atoms with Crippen LogP contribution in [0.1, 0.15) is 5.76 Å². The summed E-state index contributed by atoms with van der Waals surface area (Å²) in [7, 11) is 4.60. The van der Waals surface area contributed by atoms with Crippen LogP contribution in [-0.2, 0) is 11.3 Å². The molecule has 4 rings (SSSR count). The number of methoxy groups -OCH3 is 3. The van der Waals surface area contributed by atoms with Gasteiger partial charge in [0.25, 0.3) is 5.56 Å². The van der Waals surface area contributed by atoms with Crippen LogP contribution >= 0.6 is 11.8 Å². The first-order valence-electron chi connectivity index (χ1n) is 10.3. The molecular formula is C24H23N3O6S. The molecule has 4 aromatic rings. The summed E-state index contributed by atoms with van der Waals surface area (Å²) in [5.74, 6) is 1.99. The van der Waals surface area contributed by atoms with Crippen LogP contribution in [0.2, 0.25) is 0 Å². The molecule has 1 amide bonds. The first-order valence-corrected chi connectivity index (χ1v) is 11.3. The van der Waals surface area contributed by atoms with Gasteiger partial charge < -0.3 is 23.9 Å². The number of nitrogens with zero attached hydrogens (tertiary/aromatic N) is 2. The maximum atomic E-state index is 13.4. The van der Waals surface area contributed by atoms with Crippen molar-refractivity contribution in [2.45, 2.75) is 11.7 Å². The predicted octanol–water partition coefficient (Wildman–Crippen LogP) is 3.79. The molecule has 0 aliphatic heterocycles. The molecule has 2 aromatic heterocycles. The van der Waals surface area contributed by atoms with Gasteiger partial charge in [0.15, 0.2) is 16.7 Å². The van der Waals surface area contributed by atoms with Crippen LogP contribution in [0, 0.1) is 0 Å². The highest BCUT2D eigenvalue weighted by Crippen LogP contribution is 2.31. The Bertz CT molecular complexity index is 1350. The molecule has 0 spiro atoms. The smallest absolute Gasteiger partial charge is 0.262 e. The number of furan rings is 1. The van der Waals surface area contributed by atoms with E-state index in [1.54, 1.807) is 55.6 Å². The highest BCUT2D eigenvalue weighted by molar-refractivity contribution is 7.99. The fraction of sp³-hybridized carbons (Fsp3) is 0.208. The van der Waals surface area contributed by atoms with Crippen LogP contribution in [0.3, 0.4) is 0 Å². The standard InChI is InChI=1S/C24H23N3O6S/c1-30-16-8-6-15(7-9-16)25-22(28)14-34-24-26-19-12-21(32-3)20(31-2)11-18(19)23(29)27(24)13-17-5-4-10-33-17/h4-12H,13-14H2,1-3H3,(H,25,28). The van der Waals surface area contributed by atoms with Gasteiger partial charge in [0.1, 0.15) is 11.5 Å². The number of carbonyl (C=O) groups is 1. The molecular weight excluding hydrogens is 458 g/mol. The number of ether oxygens (including phenoxy) is 3. The van der Waals surface area contributed by atoms with Gasteiger partial charge in [-0.25, -0.2) is 4.98 Å². The fourth-order valence-electron chi connectivity index (χ4n) is 3.34. The maximum Gasteiger partial charge on any atom is 0.262 e. The quantitative estimate of drug-likeness (QED) is 0.284. The number of fused-ring (bicyclic) bond motifs is 1. The third-order valence-electron chi connectivity index (χ3n) is 5.02. The van der Waals surface area contributed by atoms with Gasteiger partial charge >= 0.3 is 0 Å². The second kappa shape index (κ2) is 10.3. The third kappa shape index (κ3) is 5.01. The van der Waals surface area contributed by atoms with Crippen LogP contribution in [0.5, 0.6) is 17.2 Å². The van der Waals surface area contributed by atoms with Crippen molar-refractivity contribution in [2.24, 2.45) is 0 Å². The van der Waals surface area contributed by atoms with Gasteiger partial charge in [0, 0.05) is 11.8 Å². The summed E-state index contributed by atoms with van der Waals surface area (Å²) in [6, 6.07) is 13.8. The van der Waals surface area contributed by atoms with Gasteiger partial charge in [-0.3, -0.25) is 14.2 Å². The molecule has 0 bridgehead atoms. The Morgan fingerprint density at radius 3 is 2.44 bits per heavy atom. The lowest BCUT2D eigenvalue weighted by molar-refractivity contribution is -0.113. The number of anilines is 1. The lowest BCUT2D eigenvalue weighted by atomic mass is 10.2. The van der Waals surface area contributed by atoms with Gasteiger partial charge in [0.05, 0.1) is 50.8 Å². The van der Waals surface area contributed by atoms with Crippen molar-refractivity contribution < 1.29 is 23.4 Å². The molecule has 0 radical (unpaired) electrons. The highest BCUT2D eigenvalue weighted by Gasteiger charge is 2.17. The number of rotatable bonds is 9. The Morgan fingerprint density at radius 2 is 1.79 bits per heavy atom.